The van der Waals surface area contributed by atoms with Crippen molar-refractivity contribution in [3.05, 3.63) is 47.5 Å². The highest BCUT2D eigenvalue weighted by atomic mass is 16.7. The van der Waals surface area contributed by atoms with Crippen LogP contribution in [0.5, 0.6) is 17.2 Å². The van der Waals surface area contributed by atoms with Crippen molar-refractivity contribution in [3.63, 3.8) is 0 Å². The highest BCUT2D eigenvalue weighted by Crippen LogP contribution is 2.49. The highest BCUT2D eigenvalue weighted by molar-refractivity contribution is 6.62. The largest absolute Gasteiger partial charge is 0.494 e. The molecule has 0 aliphatic carbocycles. The Bertz CT molecular complexity index is 1120. The van der Waals surface area contributed by atoms with E-state index in [-0.39, 0.29) is 18.0 Å². The predicted molar refractivity (Wildman–Crippen MR) is 138 cm³/mol. The average Bonchev–Trinajstić information content (AvgIpc) is 2.97. The summed E-state index contributed by atoms with van der Waals surface area (Å²) in [5.74, 6) is 2.19. The van der Waals surface area contributed by atoms with E-state index in [1.165, 1.54) is 0 Å². The van der Waals surface area contributed by atoms with E-state index >= 15 is 0 Å². The lowest BCUT2D eigenvalue weighted by Crippen LogP contribution is -2.41. The Labute approximate surface area is 208 Å². The molecule has 0 saturated carbocycles. The molecule has 1 fully saturated rings. The molecule has 1 atom stereocenters. The molecule has 0 aromatic heterocycles. The summed E-state index contributed by atoms with van der Waals surface area (Å²) in [6.07, 6.45) is 0. The van der Waals surface area contributed by atoms with Crippen molar-refractivity contribution < 1.29 is 23.5 Å². The van der Waals surface area contributed by atoms with Crippen LogP contribution >= 0.6 is 0 Å². The number of amidine groups is 1. The number of rotatable bonds is 5. The van der Waals surface area contributed by atoms with E-state index < -0.39 is 23.7 Å². The number of nitrogens with one attached hydrogen (secondary N) is 1. The fourth-order valence-corrected chi connectivity index (χ4v) is 4.25. The van der Waals surface area contributed by atoms with E-state index in [4.69, 9.17) is 34.7 Å². The SMILES string of the molecule is CC(C)(C)COc1ccc2c(c1)[C@@](C)(COC(=N)N)c1cc(B3OC(C)(C)C(C)(C)O3)ccc1O2. The molecule has 8 heteroatoms. The molecule has 0 amide bonds. The number of hydrogen-bond acceptors (Lipinski definition) is 6. The lowest BCUT2D eigenvalue weighted by molar-refractivity contribution is 0.00578. The molecule has 1 saturated heterocycles. The van der Waals surface area contributed by atoms with Crippen molar-refractivity contribution in [2.45, 2.75) is 72.0 Å². The van der Waals surface area contributed by atoms with Crippen LogP contribution in [0.1, 0.15) is 66.5 Å². The maximum atomic E-state index is 7.67. The van der Waals surface area contributed by atoms with E-state index in [9.17, 15) is 0 Å². The van der Waals surface area contributed by atoms with Crippen LogP contribution in [-0.4, -0.2) is 37.6 Å². The van der Waals surface area contributed by atoms with Gasteiger partial charge in [-0.1, -0.05) is 32.9 Å². The van der Waals surface area contributed by atoms with Crippen molar-refractivity contribution in [1.82, 2.24) is 0 Å². The second-order valence-corrected chi connectivity index (χ2v) is 11.9. The molecular weight excluding hydrogens is 443 g/mol. The molecule has 2 aliphatic rings. The van der Waals surface area contributed by atoms with E-state index in [1.54, 1.807) is 0 Å². The maximum Gasteiger partial charge on any atom is 0.494 e. The fourth-order valence-electron chi connectivity index (χ4n) is 4.25. The summed E-state index contributed by atoms with van der Waals surface area (Å²) >= 11 is 0. The zero-order valence-electron chi connectivity index (χ0n) is 22.1. The topological polar surface area (TPSA) is 96.0 Å². The third kappa shape index (κ3) is 4.87. The number of nitrogens with two attached hydrogens (primary N) is 1. The third-order valence-electron chi connectivity index (χ3n) is 7.08. The summed E-state index contributed by atoms with van der Waals surface area (Å²) in [4.78, 5) is 0. The zero-order chi connectivity index (χ0) is 25.8. The summed E-state index contributed by atoms with van der Waals surface area (Å²) in [5, 5.41) is 7.67. The molecule has 0 radical (unpaired) electrons. The van der Waals surface area contributed by atoms with E-state index in [0.29, 0.717) is 6.61 Å². The normalized spacial score (nSPS) is 22.1. The van der Waals surface area contributed by atoms with Crippen LogP contribution in [0.15, 0.2) is 36.4 Å². The van der Waals surface area contributed by atoms with Gasteiger partial charge < -0.3 is 29.3 Å². The standard InChI is InChI=1S/C27H37BN2O5/c1-24(2,3)15-31-18-10-12-22-20(14-18)27(8,16-32-23(29)30)19-13-17(9-11-21(19)33-22)28-34-25(4,5)26(6,7)35-28/h9-14H,15-16H2,1-8H3,(H3,29,30)/t27-/m0/s1. The molecule has 0 unspecified atom stereocenters. The van der Waals surface area contributed by atoms with Gasteiger partial charge in [0.25, 0.3) is 6.02 Å². The molecule has 3 N–H and O–H groups in total. The van der Waals surface area contributed by atoms with Crippen molar-refractivity contribution >= 4 is 18.6 Å². The number of ether oxygens (including phenoxy) is 3. The van der Waals surface area contributed by atoms with Gasteiger partial charge in [0.15, 0.2) is 0 Å². The molecule has 2 heterocycles. The van der Waals surface area contributed by atoms with Gasteiger partial charge in [-0.15, -0.1) is 0 Å². The van der Waals surface area contributed by atoms with Crippen molar-refractivity contribution in [2.75, 3.05) is 13.2 Å². The van der Waals surface area contributed by atoms with Gasteiger partial charge in [-0.25, -0.2) is 0 Å². The van der Waals surface area contributed by atoms with E-state index in [1.807, 2.05) is 64.1 Å². The van der Waals surface area contributed by atoms with E-state index in [0.717, 1.165) is 33.8 Å². The minimum absolute atomic E-state index is 0.0256. The lowest BCUT2D eigenvalue weighted by Gasteiger charge is -2.37. The summed E-state index contributed by atoms with van der Waals surface area (Å²) in [6.45, 7) is 17.4. The second kappa shape index (κ2) is 8.45. The lowest BCUT2D eigenvalue weighted by atomic mass is 9.70. The smallest absolute Gasteiger partial charge is 0.493 e. The molecule has 4 rings (SSSR count). The monoisotopic (exact) mass is 480 g/mol. The Kier molecular flexibility index (Phi) is 6.13. The molecule has 2 aliphatic heterocycles. The molecule has 188 valence electrons. The van der Waals surface area contributed by atoms with Gasteiger partial charge in [-0.3, -0.25) is 5.41 Å². The first-order valence-electron chi connectivity index (χ1n) is 12.0. The molecule has 2 aromatic rings. The van der Waals surface area contributed by atoms with Gasteiger partial charge in [0.1, 0.15) is 23.9 Å². The minimum Gasteiger partial charge on any atom is -0.493 e. The van der Waals surface area contributed by atoms with E-state index in [2.05, 4.69) is 27.7 Å². The van der Waals surface area contributed by atoms with Crippen molar-refractivity contribution in [2.24, 2.45) is 11.1 Å². The molecule has 0 spiro atoms. The predicted octanol–water partition coefficient (Wildman–Crippen LogP) is 4.73. The molecule has 2 aromatic carbocycles. The maximum absolute atomic E-state index is 7.67. The Balaban J connectivity index is 1.75. The first-order chi connectivity index (χ1) is 16.1. The van der Waals surface area contributed by atoms with Gasteiger partial charge in [0.2, 0.25) is 0 Å². The van der Waals surface area contributed by atoms with Crippen LogP contribution < -0.4 is 20.7 Å². The van der Waals surface area contributed by atoms with Gasteiger partial charge in [-0.2, -0.15) is 0 Å². The average molecular weight is 480 g/mol. The summed E-state index contributed by atoms with van der Waals surface area (Å²) in [7, 11) is -0.508. The first kappa shape index (κ1) is 25.4. The molecule has 35 heavy (non-hydrogen) atoms. The summed E-state index contributed by atoms with van der Waals surface area (Å²) < 4.78 is 30.6. The van der Waals surface area contributed by atoms with Crippen LogP contribution in [0.25, 0.3) is 0 Å². The Hall–Kier alpha value is -2.71. The third-order valence-corrected chi connectivity index (χ3v) is 7.08. The number of hydrogen-bond donors (Lipinski definition) is 2. The summed E-state index contributed by atoms with van der Waals surface area (Å²) in [5.41, 5.74) is 6.77. The number of fused-ring (bicyclic) bond motifs is 2. The quantitative estimate of drug-likeness (QED) is 0.365. The number of benzene rings is 2. The van der Waals surface area contributed by atoms with Crippen molar-refractivity contribution in [1.29, 1.82) is 5.41 Å². The first-order valence-corrected chi connectivity index (χ1v) is 12.0. The van der Waals surface area contributed by atoms with Gasteiger partial charge in [0.05, 0.1) is 23.2 Å². The van der Waals surface area contributed by atoms with Crippen LogP contribution in [-0.2, 0) is 19.5 Å². The molecule has 0 bridgehead atoms. The van der Waals surface area contributed by atoms with Crippen LogP contribution in [0, 0.1) is 10.8 Å². The van der Waals surface area contributed by atoms with Crippen LogP contribution in [0.3, 0.4) is 0 Å². The highest BCUT2D eigenvalue weighted by Gasteiger charge is 2.52. The van der Waals surface area contributed by atoms with Gasteiger partial charge in [-0.05, 0) is 69.8 Å². The second-order valence-electron chi connectivity index (χ2n) is 11.9. The zero-order valence-corrected chi connectivity index (χ0v) is 22.1. The van der Waals surface area contributed by atoms with Crippen molar-refractivity contribution in [3.8, 4) is 17.2 Å². The molecule has 7 nitrogen and oxygen atoms in total. The Morgan fingerprint density at radius 3 is 2.09 bits per heavy atom. The van der Waals surface area contributed by atoms with Crippen LogP contribution in [0.2, 0.25) is 0 Å². The van der Waals surface area contributed by atoms with Crippen LogP contribution in [0.4, 0.5) is 0 Å². The summed E-state index contributed by atoms with van der Waals surface area (Å²) in [6, 6.07) is 11.5. The minimum atomic E-state index is -0.657. The molecular formula is C27H37BN2O5. The Morgan fingerprint density at radius 1 is 0.943 bits per heavy atom. The van der Waals surface area contributed by atoms with Gasteiger partial charge >= 0.3 is 7.12 Å². The fraction of sp³-hybridized carbons (Fsp3) is 0.519. The Morgan fingerprint density at radius 2 is 1.51 bits per heavy atom. The van der Waals surface area contributed by atoms with Gasteiger partial charge in [0, 0.05) is 11.1 Å².